The van der Waals surface area contributed by atoms with E-state index < -0.39 is 15.9 Å². The number of hydrogen-bond donors (Lipinski definition) is 2. The van der Waals surface area contributed by atoms with Gasteiger partial charge in [-0.25, -0.2) is 0 Å². The number of carbonyl (C=O) groups is 1. The van der Waals surface area contributed by atoms with Gasteiger partial charge in [-0.05, 0) is 43.3 Å². The minimum absolute atomic E-state index is 0.0899. The molecule has 2 N–H and O–H groups in total. The van der Waals surface area contributed by atoms with Crippen molar-refractivity contribution in [2.75, 3.05) is 10.0 Å². The zero-order valence-corrected chi connectivity index (χ0v) is 15.8. The zero-order chi connectivity index (χ0) is 18.7. The van der Waals surface area contributed by atoms with Crippen LogP contribution in [0, 0.1) is 6.92 Å². The van der Waals surface area contributed by atoms with Gasteiger partial charge in [-0.2, -0.15) is 8.42 Å². The summed E-state index contributed by atoms with van der Waals surface area (Å²) in [6.45, 7) is 1.91. The molecule has 0 saturated heterocycles. The summed E-state index contributed by atoms with van der Waals surface area (Å²) in [5, 5.41) is 10.5. The third-order valence-corrected chi connectivity index (χ3v) is 6.11. The molecule has 0 atom stereocenters. The Kier molecular flexibility index (Phi) is 5.21. The first-order chi connectivity index (χ1) is 12.3. The van der Waals surface area contributed by atoms with Crippen LogP contribution < -0.4 is 10.0 Å². The molecule has 2 aromatic carbocycles. The maximum atomic E-state index is 12.3. The van der Waals surface area contributed by atoms with E-state index in [0.29, 0.717) is 16.3 Å². The first-order valence-corrected chi connectivity index (χ1v) is 10.0. The second kappa shape index (κ2) is 7.40. The number of sulfonamides is 1. The number of aromatic nitrogens is 2. The van der Waals surface area contributed by atoms with Gasteiger partial charge in [0.05, 0.1) is 0 Å². The van der Waals surface area contributed by atoms with Crippen LogP contribution in [0.3, 0.4) is 0 Å². The Morgan fingerprint density at radius 2 is 1.69 bits per heavy atom. The van der Waals surface area contributed by atoms with Crippen molar-refractivity contribution < 1.29 is 13.2 Å². The fraction of sp³-hybridized carbons (Fsp3) is 0.0625. The van der Waals surface area contributed by atoms with E-state index >= 15 is 0 Å². The summed E-state index contributed by atoms with van der Waals surface area (Å²) in [5.41, 5.74) is 1.81. The highest BCUT2D eigenvalue weighted by molar-refractivity contribution is 7.94. The summed E-state index contributed by atoms with van der Waals surface area (Å²) in [4.78, 5) is 12.2. The molecule has 0 aliphatic heterocycles. The van der Waals surface area contributed by atoms with Crippen LogP contribution in [0.5, 0.6) is 0 Å². The molecule has 1 amide bonds. The van der Waals surface area contributed by atoms with Crippen LogP contribution in [0.1, 0.15) is 15.9 Å². The summed E-state index contributed by atoms with van der Waals surface area (Å²) in [7, 11) is -3.91. The molecule has 0 aliphatic carbocycles. The normalized spacial score (nSPS) is 11.2. The highest BCUT2D eigenvalue weighted by Gasteiger charge is 2.21. The lowest BCUT2D eigenvalue weighted by molar-refractivity contribution is 0.102. The Labute approximate surface area is 159 Å². The minimum atomic E-state index is -3.91. The van der Waals surface area contributed by atoms with Crippen LogP contribution in [0.4, 0.5) is 10.8 Å². The lowest BCUT2D eigenvalue weighted by atomic mass is 10.1. The van der Waals surface area contributed by atoms with Crippen LogP contribution in [0.15, 0.2) is 52.9 Å². The fourth-order valence-electron chi connectivity index (χ4n) is 1.96. The fourth-order valence-corrected chi connectivity index (χ4v) is 4.04. The van der Waals surface area contributed by atoms with Crippen molar-refractivity contribution in [1.29, 1.82) is 0 Å². The first-order valence-electron chi connectivity index (χ1n) is 7.33. The van der Waals surface area contributed by atoms with Crippen molar-refractivity contribution in [3.05, 3.63) is 64.7 Å². The molecule has 0 aliphatic rings. The van der Waals surface area contributed by atoms with Gasteiger partial charge in [-0.1, -0.05) is 40.6 Å². The maximum absolute atomic E-state index is 12.3. The van der Waals surface area contributed by atoms with Gasteiger partial charge in [0.25, 0.3) is 20.3 Å². The standard InChI is InChI=1S/C16H13ClN4O3S2/c1-10-2-4-11(5-3-10)14(22)18-15-19-20-16(25-15)26(23,24)21-13-8-6-12(17)7-9-13/h2-9,21H,1H3,(H,18,19,22). The molecule has 134 valence electrons. The number of nitrogens with one attached hydrogen (secondary N) is 2. The molecule has 1 aromatic heterocycles. The minimum Gasteiger partial charge on any atom is -0.296 e. The van der Waals surface area contributed by atoms with Gasteiger partial charge in [-0.15, -0.1) is 10.2 Å². The van der Waals surface area contributed by atoms with E-state index in [0.717, 1.165) is 16.9 Å². The lowest BCUT2D eigenvalue weighted by Gasteiger charge is -2.04. The summed E-state index contributed by atoms with van der Waals surface area (Å²) in [5.74, 6) is -0.393. The summed E-state index contributed by atoms with van der Waals surface area (Å²) >= 11 is 6.53. The van der Waals surface area contributed by atoms with Gasteiger partial charge >= 0.3 is 0 Å². The summed E-state index contributed by atoms with van der Waals surface area (Å²) in [6.07, 6.45) is 0. The van der Waals surface area contributed by atoms with Gasteiger partial charge < -0.3 is 0 Å². The van der Waals surface area contributed by atoms with Crippen molar-refractivity contribution in [2.45, 2.75) is 11.3 Å². The maximum Gasteiger partial charge on any atom is 0.291 e. The average molecular weight is 409 g/mol. The van der Waals surface area contributed by atoms with E-state index in [4.69, 9.17) is 11.6 Å². The van der Waals surface area contributed by atoms with Crippen LogP contribution in [0.25, 0.3) is 0 Å². The smallest absolute Gasteiger partial charge is 0.291 e. The van der Waals surface area contributed by atoms with Gasteiger partial charge in [0.1, 0.15) is 0 Å². The number of rotatable bonds is 5. The van der Waals surface area contributed by atoms with E-state index in [9.17, 15) is 13.2 Å². The highest BCUT2D eigenvalue weighted by atomic mass is 35.5. The molecule has 10 heteroatoms. The van der Waals surface area contributed by atoms with E-state index in [1.807, 2.05) is 6.92 Å². The number of halogens is 1. The predicted octanol–water partition coefficient (Wildman–Crippen LogP) is 3.55. The van der Waals surface area contributed by atoms with Crippen molar-refractivity contribution in [3.8, 4) is 0 Å². The number of carbonyl (C=O) groups excluding carboxylic acids is 1. The second-order valence-electron chi connectivity index (χ2n) is 5.31. The molecule has 26 heavy (non-hydrogen) atoms. The zero-order valence-electron chi connectivity index (χ0n) is 13.4. The molecular formula is C16H13ClN4O3S2. The van der Waals surface area contributed by atoms with Crippen LogP contribution in [-0.4, -0.2) is 24.5 Å². The van der Waals surface area contributed by atoms with Gasteiger partial charge in [-0.3, -0.25) is 14.8 Å². The third kappa shape index (κ3) is 4.37. The Hall–Kier alpha value is -2.49. The average Bonchev–Trinajstić information content (AvgIpc) is 3.07. The molecular weight excluding hydrogens is 396 g/mol. The molecule has 7 nitrogen and oxygen atoms in total. The Bertz CT molecular complexity index is 1030. The molecule has 0 radical (unpaired) electrons. The van der Waals surface area contributed by atoms with E-state index in [2.05, 4.69) is 20.2 Å². The van der Waals surface area contributed by atoms with Gasteiger partial charge in [0.2, 0.25) is 5.13 Å². The summed E-state index contributed by atoms with van der Waals surface area (Å²) < 4.78 is 26.8. The monoisotopic (exact) mass is 408 g/mol. The van der Waals surface area contributed by atoms with Crippen LogP contribution >= 0.6 is 22.9 Å². The molecule has 3 aromatic rings. The van der Waals surface area contributed by atoms with E-state index in [1.54, 1.807) is 36.4 Å². The number of anilines is 2. The molecule has 0 unspecified atom stereocenters. The summed E-state index contributed by atoms with van der Waals surface area (Å²) in [6, 6.07) is 13.1. The SMILES string of the molecule is Cc1ccc(C(=O)Nc2nnc(S(=O)(=O)Nc3ccc(Cl)cc3)s2)cc1. The highest BCUT2D eigenvalue weighted by Crippen LogP contribution is 2.23. The number of nitrogens with zero attached hydrogens (tertiary/aromatic N) is 2. The van der Waals surface area contributed by atoms with Crippen molar-refractivity contribution in [1.82, 2.24) is 10.2 Å². The van der Waals surface area contributed by atoms with Gasteiger partial charge in [0.15, 0.2) is 0 Å². The second-order valence-corrected chi connectivity index (χ2v) is 8.58. The lowest BCUT2D eigenvalue weighted by Crippen LogP contribution is -2.12. The van der Waals surface area contributed by atoms with Crippen molar-refractivity contribution in [3.63, 3.8) is 0 Å². The molecule has 0 saturated carbocycles. The van der Waals surface area contributed by atoms with Gasteiger partial charge in [0, 0.05) is 16.3 Å². The molecule has 0 bridgehead atoms. The van der Waals surface area contributed by atoms with E-state index in [-0.39, 0.29) is 9.47 Å². The predicted molar refractivity (Wildman–Crippen MR) is 101 cm³/mol. The van der Waals surface area contributed by atoms with Crippen LogP contribution in [0.2, 0.25) is 5.02 Å². The quantitative estimate of drug-likeness (QED) is 0.628. The first kappa shape index (κ1) is 18.3. The Balaban J connectivity index is 1.73. The molecule has 0 spiro atoms. The molecule has 0 fully saturated rings. The van der Waals surface area contributed by atoms with Crippen LogP contribution in [-0.2, 0) is 10.0 Å². The molecule has 3 rings (SSSR count). The Morgan fingerprint density at radius 3 is 2.35 bits per heavy atom. The van der Waals surface area contributed by atoms with E-state index in [1.165, 1.54) is 12.1 Å². The molecule has 1 heterocycles. The van der Waals surface area contributed by atoms with Crippen molar-refractivity contribution >= 4 is 49.7 Å². The number of benzene rings is 2. The number of amides is 1. The number of hydrogen-bond acceptors (Lipinski definition) is 6. The topological polar surface area (TPSA) is 101 Å². The largest absolute Gasteiger partial charge is 0.296 e. The van der Waals surface area contributed by atoms with Crippen molar-refractivity contribution in [2.24, 2.45) is 0 Å². The Morgan fingerprint density at radius 1 is 1.04 bits per heavy atom. The third-order valence-electron chi connectivity index (χ3n) is 3.27. The number of aryl methyl sites for hydroxylation is 1.